The second kappa shape index (κ2) is 3.49. The maximum atomic E-state index is 9.84. The van der Waals surface area contributed by atoms with Crippen molar-refractivity contribution in [3.63, 3.8) is 0 Å². The number of para-hydroxylation sites is 1. The smallest absolute Gasteiger partial charge is 0.0616 e. The fraction of sp³-hybridized carbons (Fsp3) is 0.286. The minimum Gasteiger partial charge on any atom is -0.392 e. The van der Waals surface area contributed by atoms with Gasteiger partial charge in [0.1, 0.15) is 0 Å². The van der Waals surface area contributed by atoms with E-state index in [2.05, 4.69) is 48.0 Å². The van der Waals surface area contributed by atoms with Crippen LogP contribution in [0.2, 0.25) is 0 Å². The molecule has 1 aliphatic rings. The molecule has 1 N–H and O–H groups in total. The van der Waals surface area contributed by atoms with E-state index in [4.69, 9.17) is 0 Å². The Bertz CT molecular complexity index is 565. The van der Waals surface area contributed by atoms with E-state index in [9.17, 15) is 5.11 Å². The van der Waals surface area contributed by atoms with Crippen LogP contribution >= 0.6 is 0 Å². The van der Waals surface area contributed by atoms with Crippen LogP contribution in [0, 0.1) is 0 Å². The Morgan fingerprint density at radius 2 is 2.12 bits per heavy atom. The standard InChI is InChI=1S/C14H15NO/c1-15-13-7-3-2-6-11(13)12-9-10(16)5-4-8-14(12)15/h2-4,6-8,10,16H,5,9H2,1H3. The van der Waals surface area contributed by atoms with Crippen molar-refractivity contribution in [1.82, 2.24) is 4.57 Å². The predicted octanol–water partition coefficient (Wildman–Crippen LogP) is 2.50. The molecule has 0 aliphatic heterocycles. The molecule has 0 bridgehead atoms. The number of fused-ring (bicyclic) bond motifs is 3. The molecular weight excluding hydrogens is 198 g/mol. The molecule has 0 fully saturated rings. The van der Waals surface area contributed by atoms with E-state index in [1.807, 2.05) is 0 Å². The number of benzene rings is 1. The number of hydrogen-bond donors (Lipinski definition) is 1. The van der Waals surface area contributed by atoms with Gasteiger partial charge in [-0.2, -0.15) is 0 Å². The molecule has 0 spiro atoms. The summed E-state index contributed by atoms with van der Waals surface area (Å²) in [5.41, 5.74) is 3.75. The summed E-state index contributed by atoms with van der Waals surface area (Å²) in [6, 6.07) is 8.38. The first-order chi connectivity index (χ1) is 7.77. The highest BCUT2D eigenvalue weighted by atomic mass is 16.3. The van der Waals surface area contributed by atoms with Crippen molar-refractivity contribution in [3.05, 3.63) is 41.6 Å². The second-order valence-corrected chi connectivity index (χ2v) is 4.44. The number of aryl methyl sites for hydroxylation is 1. The third-order valence-electron chi connectivity index (χ3n) is 3.38. The molecule has 2 nitrogen and oxygen atoms in total. The lowest BCUT2D eigenvalue weighted by molar-refractivity contribution is 0.179. The first-order valence-electron chi connectivity index (χ1n) is 5.68. The van der Waals surface area contributed by atoms with Crippen LogP contribution in [0.1, 0.15) is 17.7 Å². The first-order valence-corrected chi connectivity index (χ1v) is 5.68. The number of rotatable bonds is 0. The largest absolute Gasteiger partial charge is 0.392 e. The van der Waals surface area contributed by atoms with Gasteiger partial charge in [0.25, 0.3) is 0 Å². The Morgan fingerprint density at radius 3 is 3.00 bits per heavy atom. The van der Waals surface area contributed by atoms with Gasteiger partial charge in [-0.1, -0.05) is 24.3 Å². The monoisotopic (exact) mass is 213 g/mol. The minimum atomic E-state index is -0.247. The Hall–Kier alpha value is -1.54. The maximum Gasteiger partial charge on any atom is 0.0616 e. The molecule has 2 aromatic rings. The zero-order chi connectivity index (χ0) is 11.1. The summed E-state index contributed by atoms with van der Waals surface area (Å²) in [6.45, 7) is 0. The zero-order valence-electron chi connectivity index (χ0n) is 9.35. The van der Waals surface area contributed by atoms with E-state index in [-0.39, 0.29) is 6.10 Å². The maximum absolute atomic E-state index is 9.84. The van der Waals surface area contributed by atoms with Crippen LogP contribution in [0.4, 0.5) is 0 Å². The van der Waals surface area contributed by atoms with Gasteiger partial charge < -0.3 is 9.67 Å². The van der Waals surface area contributed by atoms with Crippen LogP contribution in [0.3, 0.4) is 0 Å². The SMILES string of the molecule is Cn1c2c(c3ccccc31)CC(O)CC=C2. The summed E-state index contributed by atoms with van der Waals surface area (Å²) in [6.07, 6.45) is 5.46. The molecule has 1 atom stereocenters. The van der Waals surface area contributed by atoms with Crippen molar-refractivity contribution >= 4 is 17.0 Å². The van der Waals surface area contributed by atoms with Crippen molar-refractivity contribution in [2.24, 2.45) is 7.05 Å². The lowest BCUT2D eigenvalue weighted by Gasteiger charge is -2.05. The van der Waals surface area contributed by atoms with Crippen molar-refractivity contribution in [1.29, 1.82) is 0 Å². The van der Waals surface area contributed by atoms with Crippen LogP contribution in [-0.4, -0.2) is 15.8 Å². The van der Waals surface area contributed by atoms with Crippen LogP contribution in [0.5, 0.6) is 0 Å². The normalized spacial score (nSPS) is 19.8. The summed E-state index contributed by atoms with van der Waals surface area (Å²) < 4.78 is 2.21. The molecule has 0 amide bonds. The highest BCUT2D eigenvalue weighted by Gasteiger charge is 2.17. The number of aliphatic hydroxyl groups is 1. The van der Waals surface area contributed by atoms with Gasteiger partial charge in [0.05, 0.1) is 6.10 Å². The molecular formula is C14H15NO. The highest BCUT2D eigenvalue weighted by molar-refractivity contribution is 5.88. The number of aromatic nitrogens is 1. The Labute approximate surface area is 94.8 Å². The van der Waals surface area contributed by atoms with Crippen LogP contribution in [0.15, 0.2) is 30.3 Å². The summed E-state index contributed by atoms with van der Waals surface area (Å²) in [5.74, 6) is 0. The Morgan fingerprint density at radius 1 is 1.31 bits per heavy atom. The summed E-state index contributed by atoms with van der Waals surface area (Å²) in [4.78, 5) is 0. The Balaban J connectivity index is 2.35. The average molecular weight is 213 g/mol. The fourth-order valence-corrected chi connectivity index (χ4v) is 2.57. The lowest BCUT2D eigenvalue weighted by Crippen LogP contribution is -2.07. The second-order valence-electron chi connectivity index (χ2n) is 4.44. The highest BCUT2D eigenvalue weighted by Crippen LogP contribution is 2.29. The van der Waals surface area contributed by atoms with Crippen LogP contribution in [-0.2, 0) is 13.5 Å². The molecule has 16 heavy (non-hydrogen) atoms. The van der Waals surface area contributed by atoms with Gasteiger partial charge in [0.2, 0.25) is 0 Å². The van der Waals surface area contributed by atoms with Crippen molar-refractivity contribution in [2.45, 2.75) is 18.9 Å². The van der Waals surface area contributed by atoms with Crippen LogP contribution < -0.4 is 0 Å². The lowest BCUT2D eigenvalue weighted by atomic mass is 10.0. The molecule has 1 aromatic carbocycles. The zero-order valence-corrected chi connectivity index (χ0v) is 9.35. The van der Waals surface area contributed by atoms with Crippen LogP contribution in [0.25, 0.3) is 17.0 Å². The van der Waals surface area contributed by atoms with E-state index in [0.29, 0.717) is 0 Å². The van der Waals surface area contributed by atoms with E-state index in [1.54, 1.807) is 0 Å². The topological polar surface area (TPSA) is 25.2 Å². The molecule has 1 aromatic heterocycles. The van der Waals surface area contributed by atoms with Gasteiger partial charge >= 0.3 is 0 Å². The third-order valence-corrected chi connectivity index (χ3v) is 3.38. The number of nitrogens with zero attached hydrogens (tertiary/aromatic N) is 1. The number of aliphatic hydroxyl groups excluding tert-OH is 1. The average Bonchev–Trinajstić information content (AvgIpc) is 2.47. The third kappa shape index (κ3) is 1.30. The number of hydrogen-bond acceptors (Lipinski definition) is 1. The fourth-order valence-electron chi connectivity index (χ4n) is 2.57. The Kier molecular flexibility index (Phi) is 2.11. The molecule has 82 valence electrons. The van der Waals surface area contributed by atoms with Gasteiger partial charge in [-0.3, -0.25) is 0 Å². The first kappa shape index (κ1) is 9.67. The predicted molar refractivity (Wildman–Crippen MR) is 66.3 cm³/mol. The molecule has 0 radical (unpaired) electrons. The van der Waals surface area contributed by atoms with Gasteiger partial charge in [-0.15, -0.1) is 0 Å². The van der Waals surface area contributed by atoms with E-state index < -0.39 is 0 Å². The van der Waals surface area contributed by atoms with E-state index in [0.717, 1.165) is 12.8 Å². The molecule has 0 saturated heterocycles. The van der Waals surface area contributed by atoms with Gasteiger partial charge in [0.15, 0.2) is 0 Å². The summed E-state index contributed by atoms with van der Waals surface area (Å²) in [5, 5.41) is 11.1. The molecule has 3 rings (SSSR count). The van der Waals surface area contributed by atoms with Gasteiger partial charge in [0, 0.05) is 30.1 Å². The van der Waals surface area contributed by atoms with E-state index in [1.165, 1.54) is 22.2 Å². The molecule has 2 heteroatoms. The van der Waals surface area contributed by atoms with E-state index >= 15 is 0 Å². The molecule has 1 heterocycles. The minimum absolute atomic E-state index is 0.247. The van der Waals surface area contributed by atoms with Gasteiger partial charge in [-0.05, 0) is 24.1 Å². The van der Waals surface area contributed by atoms with Crippen molar-refractivity contribution in [2.75, 3.05) is 0 Å². The summed E-state index contributed by atoms with van der Waals surface area (Å²) >= 11 is 0. The molecule has 1 unspecified atom stereocenters. The quantitative estimate of drug-likeness (QED) is 0.714. The van der Waals surface area contributed by atoms with Crippen molar-refractivity contribution in [3.8, 4) is 0 Å². The molecule has 1 aliphatic carbocycles. The summed E-state index contributed by atoms with van der Waals surface area (Å²) in [7, 11) is 2.09. The molecule has 0 saturated carbocycles. The van der Waals surface area contributed by atoms with Crippen molar-refractivity contribution < 1.29 is 5.11 Å². The van der Waals surface area contributed by atoms with Gasteiger partial charge in [-0.25, -0.2) is 0 Å².